The first-order chi connectivity index (χ1) is 13.2. The molecule has 5 nitrogen and oxygen atoms in total. The highest BCUT2D eigenvalue weighted by molar-refractivity contribution is 7.99. The quantitative estimate of drug-likeness (QED) is 0.465. The molecule has 2 heterocycles. The first-order valence-corrected chi connectivity index (χ1v) is 10.4. The number of pyridine rings is 1. The lowest BCUT2D eigenvalue weighted by atomic mass is 10.1. The number of thioether (sulfide) groups is 1. The number of aromatic nitrogens is 4. The Morgan fingerprint density at radius 2 is 1.78 bits per heavy atom. The predicted molar refractivity (Wildman–Crippen MR) is 109 cm³/mol. The van der Waals surface area contributed by atoms with Gasteiger partial charge in [0.2, 0.25) is 0 Å². The summed E-state index contributed by atoms with van der Waals surface area (Å²) in [6.45, 7) is 2.83. The van der Waals surface area contributed by atoms with Crippen molar-refractivity contribution in [1.82, 2.24) is 19.7 Å². The maximum atomic E-state index is 10.4. The van der Waals surface area contributed by atoms with Crippen LogP contribution in [0.5, 0.6) is 5.75 Å². The van der Waals surface area contributed by atoms with Crippen molar-refractivity contribution >= 4 is 34.3 Å². The summed E-state index contributed by atoms with van der Waals surface area (Å²) in [6.07, 6.45) is 3.63. The van der Waals surface area contributed by atoms with Crippen molar-refractivity contribution < 1.29 is 5.11 Å². The minimum atomic E-state index is 0.258. The van der Waals surface area contributed by atoms with Crippen LogP contribution in [0.2, 0.25) is 0 Å². The molecule has 136 valence electrons. The highest BCUT2D eigenvalue weighted by Gasteiger charge is 2.15. The zero-order valence-corrected chi connectivity index (χ0v) is 16.4. The summed E-state index contributed by atoms with van der Waals surface area (Å²) in [5, 5.41) is 22.8. The fourth-order valence-electron chi connectivity index (χ4n) is 2.75. The normalized spacial score (nSPS) is 11.1. The molecule has 0 aliphatic heterocycles. The predicted octanol–water partition coefficient (Wildman–Crippen LogP) is 5.00. The van der Waals surface area contributed by atoms with E-state index in [1.54, 1.807) is 24.0 Å². The summed E-state index contributed by atoms with van der Waals surface area (Å²) in [7, 11) is 0. The van der Waals surface area contributed by atoms with E-state index in [1.165, 1.54) is 11.8 Å². The molecule has 0 bridgehead atoms. The van der Waals surface area contributed by atoms with E-state index in [0.29, 0.717) is 0 Å². The van der Waals surface area contributed by atoms with Crippen LogP contribution in [0.1, 0.15) is 12.5 Å². The summed E-state index contributed by atoms with van der Waals surface area (Å²) < 4.78 is 2.07. The number of fused-ring (bicyclic) bond motifs is 1. The second-order valence-corrected chi connectivity index (χ2v) is 7.88. The average molecular weight is 395 g/mol. The van der Waals surface area contributed by atoms with E-state index in [0.717, 1.165) is 43.8 Å². The Morgan fingerprint density at radius 3 is 2.52 bits per heavy atom. The maximum absolute atomic E-state index is 10.4. The maximum Gasteiger partial charge on any atom is 0.196 e. The van der Waals surface area contributed by atoms with Gasteiger partial charge in [0.25, 0.3) is 0 Å². The first kappa shape index (κ1) is 17.9. The molecule has 0 atom stereocenters. The first-order valence-electron chi connectivity index (χ1n) is 8.59. The van der Waals surface area contributed by atoms with Gasteiger partial charge in [0.05, 0.1) is 4.90 Å². The van der Waals surface area contributed by atoms with E-state index in [1.807, 2.05) is 42.6 Å². The summed E-state index contributed by atoms with van der Waals surface area (Å²) >= 11 is 3.07. The molecular formula is C20H18N4OS2. The van der Waals surface area contributed by atoms with Crippen LogP contribution in [0.3, 0.4) is 0 Å². The van der Waals surface area contributed by atoms with Gasteiger partial charge in [-0.3, -0.25) is 9.55 Å². The third-order valence-electron chi connectivity index (χ3n) is 4.12. The Kier molecular flexibility index (Phi) is 5.31. The Labute approximate surface area is 165 Å². The number of aromatic hydroxyl groups is 1. The van der Waals surface area contributed by atoms with Gasteiger partial charge < -0.3 is 5.11 Å². The minimum absolute atomic E-state index is 0.258. The van der Waals surface area contributed by atoms with Crippen LogP contribution in [0.25, 0.3) is 10.8 Å². The number of hydrogen-bond donors (Lipinski definition) is 1. The zero-order valence-electron chi connectivity index (χ0n) is 14.7. The van der Waals surface area contributed by atoms with E-state index in [2.05, 4.69) is 32.7 Å². The van der Waals surface area contributed by atoms with Crippen molar-refractivity contribution in [2.45, 2.75) is 34.4 Å². The van der Waals surface area contributed by atoms with Crippen LogP contribution in [0, 0.1) is 0 Å². The molecule has 0 saturated carbocycles. The Hall–Kier alpha value is -2.51. The van der Waals surface area contributed by atoms with Gasteiger partial charge in [-0.1, -0.05) is 42.1 Å². The number of phenolic OH excluding ortho intramolecular Hbond substituents is 1. The average Bonchev–Trinajstić information content (AvgIpc) is 3.09. The molecule has 4 rings (SSSR count). The van der Waals surface area contributed by atoms with E-state index in [-0.39, 0.29) is 5.75 Å². The van der Waals surface area contributed by atoms with Gasteiger partial charge in [0.15, 0.2) is 10.3 Å². The van der Waals surface area contributed by atoms with Gasteiger partial charge in [-0.05, 0) is 53.2 Å². The van der Waals surface area contributed by atoms with Crippen LogP contribution in [0.15, 0.2) is 76.1 Å². The number of rotatable bonds is 6. The topological polar surface area (TPSA) is 63.8 Å². The monoisotopic (exact) mass is 394 g/mol. The molecule has 1 N–H and O–H groups in total. The summed E-state index contributed by atoms with van der Waals surface area (Å²) in [6, 6.07) is 15.8. The molecular weight excluding hydrogens is 376 g/mol. The SMILES string of the molecule is CCn1c(SCc2cccnc2)nnc1Sc1cc2ccccc2cc1O. The molecule has 0 fully saturated rings. The van der Waals surface area contributed by atoms with Crippen molar-refractivity contribution in [3.63, 3.8) is 0 Å². The van der Waals surface area contributed by atoms with Crippen LogP contribution in [-0.2, 0) is 12.3 Å². The van der Waals surface area contributed by atoms with Crippen molar-refractivity contribution in [2.75, 3.05) is 0 Å². The zero-order chi connectivity index (χ0) is 18.6. The molecule has 0 aliphatic carbocycles. The van der Waals surface area contributed by atoms with Gasteiger partial charge in [0.1, 0.15) is 5.75 Å². The molecule has 0 saturated heterocycles. The fourth-order valence-corrected chi connectivity index (χ4v) is 4.69. The summed E-state index contributed by atoms with van der Waals surface area (Å²) in [5.41, 5.74) is 1.15. The number of phenols is 1. The highest BCUT2D eigenvalue weighted by atomic mass is 32.2. The molecule has 7 heteroatoms. The third-order valence-corrected chi connectivity index (χ3v) is 6.19. The minimum Gasteiger partial charge on any atom is -0.507 e. The van der Waals surface area contributed by atoms with E-state index < -0.39 is 0 Å². The third kappa shape index (κ3) is 3.94. The van der Waals surface area contributed by atoms with Crippen molar-refractivity contribution in [1.29, 1.82) is 0 Å². The number of nitrogens with zero attached hydrogens (tertiary/aromatic N) is 4. The lowest BCUT2D eigenvalue weighted by Crippen LogP contribution is -1.99. The molecule has 2 aromatic carbocycles. The summed E-state index contributed by atoms with van der Waals surface area (Å²) in [4.78, 5) is 4.92. The van der Waals surface area contributed by atoms with Gasteiger partial charge >= 0.3 is 0 Å². The highest BCUT2D eigenvalue weighted by Crippen LogP contribution is 2.37. The van der Waals surface area contributed by atoms with Crippen molar-refractivity contribution in [3.8, 4) is 5.75 Å². The fraction of sp³-hybridized carbons (Fsp3) is 0.150. The van der Waals surface area contributed by atoms with Crippen molar-refractivity contribution in [2.24, 2.45) is 0 Å². The molecule has 0 amide bonds. The lowest BCUT2D eigenvalue weighted by molar-refractivity contribution is 0.463. The number of benzene rings is 2. The second kappa shape index (κ2) is 8.02. The number of hydrogen-bond acceptors (Lipinski definition) is 6. The Balaban J connectivity index is 1.57. The molecule has 0 unspecified atom stereocenters. The van der Waals surface area contributed by atoms with Gasteiger partial charge in [-0.15, -0.1) is 10.2 Å². The van der Waals surface area contributed by atoms with Crippen LogP contribution in [-0.4, -0.2) is 24.9 Å². The Morgan fingerprint density at radius 1 is 1.00 bits per heavy atom. The smallest absolute Gasteiger partial charge is 0.196 e. The summed E-state index contributed by atoms with van der Waals surface area (Å²) in [5.74, 6) is 1.05. The largest absolute Gasteiger partial charge is 0.507 e. The van der Waals surface area contributed by atoms with Gasteiger partial charge in [0, 0.05) is 24.7 Å². The van der Waals surface area contributed by atoms with Gasteiger partial charge in [-0.2, -0.15) is 0 Å². The standard InChI is InChI=1S/C20H18N4OS2/c1-2-24-19(26-13-14-6-5-9-21-12-14)22-23-20(24)27-18-11-16-8-4-3-7-15(16)10-17(18)25/h3-12,25H,2,13H2,1H3. The Bertz CT molecular complexity index is 1070. The van der Waals surface area contributed by atoms with Crippen LogP contribution >= 0.6 is 23.5 Å². The van der Waals surface area contributed by atoms with Gasteiger partial charge in [-0.25, -0.2) is 0 Å². The van der Waals surface area contributed by atoms with Crippen LogP contribution < -0.4 is 0 Å². The van der Waals surface area contributed by atoms with E-state index in [9.17, 15) is 5.11 Å². The van der Waals surface area contributed by atoms with Crippen molar-refractivity contribution in [3.05, 3.63) is 66.5 Å². The van der Waals surface area contributed by atoms with E-state index in [4.69, 9.17) is 0 Å². The molecule has 0 radical (unpaired) electrons. The van der Waals surface area contributed by atoms with E-state index >= 15 is 0 Å². The lowest BCUT2D eigenvalue weighted by Gasteiger charge is -2.09. The molecule has 27 heavy (non-hydrogen) atoms. The van der Waals surface area contributed by atoms with Crippen LogP contribution in [0.4, 0.5) is 0 Å². The molecule has 0 aliphatic rings. The molecule has 2 aromatic heterocycles. The second-order valence-electron chi connectivity index (χ2n) is 5.93. The molecule has 4 aromatic rings. The molecule has 0 spiro atoms.